The smallest absolute Gasteiger partial charge is 0.251 e. The van der Waals surface area contributed by atoms with Crippen LogP contribution >= 0.6 is 0 Å². The van der Waals surface area contributed by atoms with E-state index in [4.69, 9.17) is 4.74 Å². The molecule has 2 aromatic rings. The van der Waals surface area contributed by atoms with E-state index in [9.17, 15) is 4.79 Å². The zero-order valence-corrected chi connectivity index (χ0v) is 15.4. The van der Waals surface area contributed by atoms with E-state index in [0.29, 0.717) is 19.2 Å². The van der Waals surface area contributed by atoms with E-state index in [1.54, 1.807) is 0 Å². The number of benzene rings is 1. The average molecular weight is 354 g/mol. The number of amides is 1. The number of aromatic nitrogens is 2. The minimum absolute atomic E-state index is 0.0241. The molecule has 4 rings (SSSR count). The lowest BCUT2D eigenvalue weighted by Gasteiger charge is -2.41. The molecule has 1 saturated heterocycles. The van der Waals surface area contributed by atoms with E-state index in [1.807, 2.05) is 32.0 Å². The first-order chi connectivity index (χ1) is 12.6. The molecule has 6 heteroatoms. The summed E-state index contributed by atoms with van der Waals surface area (Å²) >= 11 is 0. The summed E-state index contributed by atoms with van der Waals surface area (Å²) in [5.74, 6) is -0.0517. The normalized spacial score (nSPS) is 23.8. The molecule has 1 aromatic heterocycles. The second-order valence-electron chi connectivity index (χ2n) is 7.25. The monoisotopic (exact) mass is 354 g/mol. The highest BCUT2D eigenvalue weighted by Gasteiger charge is 2.43. The Morgan fingerprint density at radius 2 is 2.08 bits per heavy atom. The van der Waals surface area contributed by atoms with Crippen molar-refractivity contribution in [3.63, 3.8) is 0 Å². The molecule has 2 fully saturated rings. The van der Waals surface area contributed by atoms with E-state index in [-0.39, 0.29) is 11.9 Å². The summed E-state index contributed by atoms with van der Waals surface area (Å²) in [6.07, 6.45) is 1.94. The summed E-state index contributed by atoms with van der Waals surface area (Å²) in [4.78, 5) is 15.5. The van der Waals surface area contributed by atoms with Gasteiger partial charge in [0.05, 0.1) is 18.3 Å². The van der Waals surface area contributed by atoms with E-state index >= 15 is 0 Å². The minimum Gasteiger partial charge on any atom is -0.365 e. The maximum Gasteiger partial charge on any atom is 0.251 e. The summed E-state index contributed by atoms with van der Waals surface area (Å²) in [6.45, 7) is 5.87. The molecule has 1 amide bonds. The van der Waals surface area contributed by atoms with E-state index in [2.05, 4.69) is 32.5 Å². The number of aryl methyl sites for hydroxylation is 2. The van der Waals surface area contributed by atoms with Crippen LogP contribution in [0.3, 0.4) is 0 Å². The number of nitrogens with one attached hydrogen (secondary N) is 2. The molecule has 0 unspecified atom stereocenters. The largest absolute Gasteiger partial charge is 0.365 e. The van der Waals surface area contributed by atoms with Gasteiger partial charge in [0, 0.05) is 30.4 Å². The molecular weight excluding hydrogens is 328 g/mol. The standard InChI is InChI=1S/C20H26N4O2/c1-13-17(14(2)23-22-13)12-21-20(25)19-18(15-6-4-3-5-7-15)24(10-11-26-19)16-8-9-16/h3-7,16,18-19H,8-12H2,1-2H3,(H,21,25)(H,22,23)/t18-,19+/m0/s1. The molecular formula is C20H26N4O2. The van der Waals surface area contributed by atoms with Crippen molar-refractivity contribution in [3.8, 4) is 0 Å². The molecule has 0 spiro atoms. The Balaban J connectivity index is 1.53. The molecule has 138 valence electrons. The maximum absolute atomic E-state index is 13.0. The van der Waals surface area contributed by atoms with E-state index < -0.39 is 6.10 Å². The Morgan fingerprint density at radius 1 is 1.31 bits per heavy atom. The average Bonchev–Trinajstić information content (AvgIpc) is 3.46. The number of nitrogens with zero attached hydrogens (tertiary/aromatic N) is 2. The Kier molecular flexibility index (Phi) is 4.78. The molecule has 1 aliphatic carbocycles. The molecule has 1 aromatic carbocycles. The number of H-pyrrole nitrogens is 1. The van der Waals surface area contributed by atoms with Gasteiger partial charge in [0.2, 0.25) is 0 Å². The maximum atomic E-state index is 13.0. The SMILES string of the molecule is Cc1n[nH]c(C)c1CNC(=O)[C@@H]1OCCN(C2CC2)[C@H]1c1ccccc1. The van der Waals surface area contributed by atoms with Gasteiger partial charge in [-0.3, -0.25) is 14.8 Å². The van der Waals surface area contributed by atoms with E-state index in [1.165, 1.54) is 12.8 Å². The molecule has 1 aliphatic heterocycles. The summed E-state index contributed by atoms with van der Waals surface area (Å²) in [7, 11) is 0. The van der Waals surface area contributed by atoms with Gasteiger partial charge in [-0.1, -0.05) is 30.3 Å². The van der Waals surface area contributed by atoms with Crippen LogP contribution in [0.1, 0.15) is 41.4 Å². The van der Waals surface area contributed by atoms with Gasteiger partial charge in [-0.25, -0.2) is 0 Å². The highest BCUT2D eigenvalue weighted by molar-refractivity contribution is 5.82. The van der Waals surface area contributed by atoms with Crippen LogP contribution < -0.4 is 5.32 Å². The second kappa shape index (κ2) is 7.21. The number of carbonyl (C=O) groups is 1. The molecule has 2 atom stereocenters. The van der Waals surface area contributed by atoms with Crippen LogP contribution in [-0.2, 0) is 16.1 Å². The Bertz CT molecular complexity index is 750. The molecule has 6 nitrogen and oxygen atoms in total. The van der Waals surface area contributed by atoms with Crippen LogP contribution in [0.15, 0.2) is 30.3 Å². The van der Waals surface area contributed by atoms with Gasteiger partial charge in [-0.15, -0.1) is 0 Å². The molecule has 0 radical (unpaired) electrons. The van der Waals surface area contributed by atoms with Crippen LogP contribution in [-0.4, -0.2) is 46.3 Å². The van der Waals surface area contributed by atoms with Crippen LogP contribution in [0.4, 0.5) is 0 Å². The second-order valence-corrected chi connectivity index (χ2v) is 7.25. The third-order valence-electron chi connectivity index (χ3n) is 5.43. The number of carbonyl (C=O) groups excluding carboxylic acids is 1. The van der Waals surface area contributed by atoms with Crippen molar-refractivity contribution in [3.05, 3.63) is 52.8 Å². The first-order valence-corrected chi connectivity index (χ1v) is 9.35. The first-order valence-electron chi connectivity index (χ1n) is 9.35. The van der Waals surface area contributed by atoms with Crippen molar-refractivity contribution in [2.45, 2.75) is 51.4 Å². The highest BCUT2D eigenvalue weighted by atomic mass is 16.5. The quantitative estimate of drug-likeness (QED) is 0.864. The molecule has 26 heavy (non-hydrogen) atoms. The number of morpholine rings is 1. The van der Waals surface area contributed by atoms with Gasteiger partial charge in [-0.05, 0) is 32.3 Å². The van der Waals surface area contributed by atoms with Crippen molar-refractivity contribution >= 4 is 5.91 Å². The highest BCUT2D eigenvalue weighted by Crippen LogP contribution is 2.38. The van der Waals surface area contributed by atoms with Crippen molar-refractivity contribution in [1.29, 1.82) is 0 Å². The minimum atomic E-state index is -0.487. The number of aromatic amines is 1. The number of rotatable bonds is 5. The van der Waals surface area contributed by atoms with E-state index in [0.717, 1.165) is 29.1 Å². The number of ether oxygens (including phenoxy) is 1. The summed E-state index contributed by atoms with van der Waals surface area (Å²) < 4.78 is 5.97. The predicted octanol–water partition coefficient (Wildman–Crippen LogP) is 2.25. The van der Waals surface area contributed by atoms with Crippen LogP contribution in [0.25, 0.3) is 0 Å². The fraction of sp³-hybridized carbons (Fsp3) is 0.500. The first kappa shape index (κ1) is 17.2. The van der Waals surface area contributed by atoms with Crippen LogP contribution in [0.2, 0.25) is 0 Å². The molecule has 2 heterocycles. The Morgan fingerprint density at radius 3 is 2.73 bits per heavy atom. The van der Waals surface area contributed by atoms with Gasteiger partial charge < -0.3 is 10.1 Å². The van der Waals surface area contributed by atoms with Crippen molar-refractivity contribution in [2.75, 3.05) is 13.2 Å². The van der Waals surface area contributed by atoms with Crippen LogP contribution in [0.5, 0.6) is 0 Å². The van der Waals surface area contributed by atoms with Crippen molar-refractivity contribution in [1.82, 2.24) is 20.4 Å². The van der Waals surface area contributed by atoms with Gasteiger partial charge >= 0.3 is 0 Å². The molecule has 2 N–H and O–H groups in total. The fourth-order valence-corrected chi connectivity index (χ4v) is 3.85. The zero-order chi connectivity index (χ0) is 18.1. The third kappa shape index (κ3) is 3.39. The zero-order valence-electron chi connectivity index (χ0n) is 15.4. The Labute approximate surface area is 153 Å². The van der Waals surface area contributed by atoms with Crippen molar-refractivity contribution in [2.24, 2.45) is 0 Å². The van der Waals surface area contributed by atoms with Gasteiger partial charge in [0.15, 0.2) is 6.10 Å². The summed E-state index contributed by atoms with van der Waals surface area (Å²) in [5, 5.41) is 10.2. The number of hydrogen-bond acceptors (Lipinski definition) is 4. The lowest BCUT2D eigenvalue weighted by molar-refractivity contribution is -0.146. The lowest BCUT2D eigenvalue weighted by Crippen LogP contribution is -2.52. The Hall–Kier alpha value is -2.18. The fourth-order valence-electron chi connectivity index (χ4n) is 3.85. The van der Waals surface area contributed by atoms with Gasteiger partial charge in [-0.2, -0.15) is 5.10 Å². The summed E-state index contributed by atoms with van der Waals surface area (Å²) in [5.41, 5.74) is 4.11. The predicted molar refractivity (Wildman–Crippen MR) is 98.6 cm³/mol. The van der Waals surface area contributed by atoms with Crippen molar-refractivity contribution < 1.29 is 9.53 Å². The topological polar surface area (TPSA) is 70.2 Å². The third-order valence-corrected chi connectivity index (χ3v) is 5.43. The molecule has 2 aliphatic rings. The number of hydrogen-bond donors (Lipinski definition) is 2. The molecule has 0 bridgehead atoms. The summed E-state index contributed by atoms with van der Waals surface area (Å²) in [6, 6.07) is 10.8. The lowest BCUT2D eigenvalue weighted by atomic mass is 9.97. The molecule has 1 saturated carbocycles. The van der Waals surface area contributed by atoms with Gasteiger partial charge in [0.25, 0.3) is 5.91 Å². The van der Waals surface area contributed by atoms with Gasteiger partial charge in [0.1, 0.15) is 0 Å². The van der Waals surface area contributed by atoms with Crippen LogP contribution in [0, 0.1) is 13.8 Å².